The van der Waals surface area contributed by atoms with Crippen molar-refractivity contribution in [2.75, 3.05) is 4.90 Å². The predicted octanol–water partition coefficient (Wildman–Crippen LogP) is 1.45. The van der Waals surface area contributed by atoms with Crippen LogP contribution in [-0.2, 0) is 19.6 Å². The molecule has 0 radical (unpaired) electrons. The lowest BCUT2D eigenvalue weighted by molar-refractivity contribution is -0.119. The van der Waals surface area contributed by atoms with Crippen molar-refractivity contribution in [1.29, 1.82) is 0 Å². The summed E-state index contributed by atoms with van der Waals surface area (Å²) in [5.41, 5.74) is 0.613. The zero-order valence-corrected chi connectivity index (χ0v) is 12.8. The van der Waals surface area contributed by atoms with Crippen molar-refractivity contribution >= 4 is 27.5 Å². The van der Waals surface area contributed by atoms with Crippen LogP contribution in [0.3, 0.4) is 0 Å². The van der Waals surface area contributed by atoms with Crippen LogP contribution in [0.15, 0.2) is 77.7 Å². The van der Waals surface area contributed by atoms with Crippen LogP contribution in [0.25, 0.3) is 0 Å². The number of nitrogens with zero attached hydrogens (tertiary/aromatic N) is 1. The molecule has 118 valence electrons. The second-order valence-electron chi connectivity index (χ2n) is 4.54. The second-order valence-corrected chi connectivity index (χ2v) is 6.10. The molecule has 1 aliphatic heterocycles. The Morgan fingerprint density at radius 2 is 1.17 bits per heavy atom. The summed E-state index contributed by atoms with van der Waals surface area (Å²) in [6, 6.07) is 16.7. The van der Waals surface area contributed by atoms with Crippen LogP contribution in [0.5, 0.6) is 0 Å². The highest BCUT2D eigenvalue weighted by Gasteiger charge is 2.24. The zero-order chi connectivity index (χ0) is 16.9. The summed E-state index contributed by atoms with van der Waals surface area (Å²) in [5.74, 6) is -0.563. The lowest BCUT2D eigenvalue weighted by Gasteiger charge is -2.12. The van der Waals surface area contributed by atoms with Crippen LogP contribution in [0.4, 0.5) is 5.69 Å². The molecule has 0 unspecified atom stereocenters. The summed E-state index contributed by atoms with van der Waals surface area (Å²) < 4.78 is 21.2. The van der Waals surface area contributed by atoms with Gasteiger partial charge in [-0.1, -0.05) is 36.4 Å². The molecular formula is C16H14N2O4S. The molecule has 2 aromatic carbocycles. The summed E-state index contributed by atoms with van der Waals surface area (Å²) in [5, 5.41) is 4.83. The van der Waals surface area contributed by atoms with E-state index in [0.29, 0.717) is 5.69 Å². The van der Waals surface area contributed by atoms with Gasteiger partial charge in [-0.25, -0.2) is 18.5 Å². The van der Waals surface area contributed by atoms with Crippen LogP contribution < -0.4 is 10.0 Å². The molecule has 0 fully saturated rings. The number of nitrogens with two attached hydrogens (primary N) is 1. The maximum Gasteiger partial charge on any atom is 0.258 e. The topological polar surface area (TPSA) is 97.5 Å². The van der Waals surface area contributed by atoms with Crippen LogP contribution in [0.1, 0.15) is 0 Å². The first kappa shape index (κ1) is 16.6. The highest BCUT2D eigenvalue weighted by Crippen LogP contribution is 2.17. The van der Waals surface area contributed by atoms with E-state index in [1.807, 2.05) is 6.07 Å². The van der Waals surface area contributed by atoms with Crippen molar-refractivity contribution in [3.63, 3.8) is 0 Å². The first-order valence-electron chi connectivity index (χ1n) is 6.58. The summed E-state index contributed by atoms with van der Waals surface area (Å²) >= 11 is 0. The number of imide groups is 1. The van der Waals surface area contributed by atoms with E-state index in [9.17, 15) is 18.0 Å². The molecule has 0 saturated heterocycles. The minimum absolute atomic E-state index is 0.148. The maximum absolute atomic E-state index is 11.2. The van der Waals surface area contributed by atoms with E-state index in [-0.39, 0.29) is 16.7 Å². The summed E-state index contributed by atoms with van der Waals surface area (Å²) in [6.07, 6.45) is 2.55. The summed E-state index contributed by atoms with van der Waals surface area (Å²) in [7, 11) is -3.50. The molecule has 0 spiro atoms. The first-order valence-corrected chi connectivity index (χ1v) is 8.13. The van der Waals surface area contributed by atoms with Gasteiger partial charge in [0.15, 0.2) is 0 Å². The minimum Gasteiger partial charge on any atom is -0.269 e. The average Bonchev–Trinajstić information content (AvgIpc) is 2.88. The number of rotatable bonds is 2. The van der Waals surface area contributed by atoms with E-state index in [1.54, 1.807) is 42.5 Å². The number of hydrogen-bond acceptors (Lipinski definition) is 4. The van der Waals surface area contributed by atoms with Crippen LogP contribution >= 0.6 is 0 Å². The summed E-state index contributed by atoms with van der Waals surface area (Å²) in [4.78, 5) is 23.7. The van der Waals surface area contributed by atoms with Crippen molar-refractivity contribution in [3.05, 3.63) is 72.8 Å². The number of benzene rings is 2. The fourth-order valence-corrected chi connectivity index (χ4v) is 2.38. The van der Waals surface area contributed by atoms with E-state index in [4.69, 9.17) is 5.14 Å². The van der Waals surface area contributed by atoms with E-state index < -0.39 is 10.0 Å². The van der Waals surface area contributed by atoms with Crippen molar-refractivity contribution in [2.24, 2.45) is 5.14 Å². The number of sulfonamides is 1. The van der Waals surface area contributed by atoms with Crippen molar-refractivity contribution < 1.29 is 18.0 Å². The number of para-hydroxylation sites is 1. The minimum atomic E-state index is -3.50. The van der Waals surface area contributed by atoms with Gasteiger partial charge in [0.25, 0.3) is 11.8 Å². The molecule has 6 nitrogen and oxygen atoms in total. The number of carbonyl (C=O) groups excluding carboxylic acids is 2. The van der Waals surface area contributed by atoms with E-state index in [1.165, 1.54) is 24.3 Å². The van der Waals surface area contributed by atoms with E-state index in [0.717, 1.165) is 4.90 Å². The predicted molar refractivity (Wildman–Crippen MR) is 85.9 cm³/mol. The molecule has 3 rings (SSSR count). The molecule has 0 bridgehead atoms. The number of amides is 2. The molecule has 0 saturated carbocycles. The van der Waals surface area contributed by atoms with Gasteiger partial charge in [-0.2, -0.15) is 0 Å². The third kappa shape index (κ3) is 4.35. The van der Waals surface area contributed by atoms with Gasteiger partial charge >= 0.3 is 0 Å². The molecule has 1 heterocycles. The van der Waals surface area contributed by atoms with Crippen LogP contribution in [0.2, 0.25) is 0 Å². The van der Waals surface area contributed by atoms with Gasteiger partial charge in [-0.15, -0.1) is 0 Å². The SMILES string of the molecule is NS(=O)(=O)c1ccccc1.O=C1C=CC(=O)N1c1ccccc1. The first-order chi connectivity index (χ1) is 10.9. The Hall–Kier alpha value is -2.77. The smallest absolute Gasteiger partial charge is 0.258 e. The lowest BCUT2D eigenvalue weighted by Crippen LogP contribution is -2.29. The molecule has 1 aliphatic rings. The number of anilines is 1. The molecule has 0 atom stereocenters. The molecule has 2 aromatic rings. The van der Waals surface area contributed by atoms with Gasteiger partial charge < -0.3 is 0 Å². The molecule has 7 heteroatoms. The van der Waals surface area contributed by atoms with Gasteiger partial charge in [0.2, 0.25) is 10.0 Å². The van der Waals surface area contributed by atoms with Crippen molar-refractivity contribution in [3.8, 4) is 0 Å². The quantitative estimate of drug-likeness (QED) is 0.843. The Labute approximate surface area is 133 Å². The van der Waals surface area contributed by atoms with Gasteiger partial charge in [-0.05, 0) is 24.3 Å². The Balaban J connectivity index is 0.000000174. The van der Waals surface area contributed by atoms with Gasteiger partial charge in [0.05, 0.1) is 10.6 Å². The van der Waals surface area contributed by atoms with Crippen molar-refractivity contribution in [1.82, 2.24) is 0 Å². The molecule has 2 amide bonds. The molecule has 2 N–H and O–H groups in total. The van der Waals surface area contributed by atoms with E-state index in [2.05, 4.69) is 0 Å². The third-order valence-electron chi connectivity index (χ3n) is 2.90. The third-order valence-corrected chi connectivity index (χ3v) is 3.82. The molecular weight excluding hydrogens is 316 g/mol. The summed E-state index contributed by atoms with van der Waals surface area (Å²) in [6.45, 7) is 0. The number of carbonyl (C=O) groups is 2. The van der Waals surface area contributed by atoms with Crippen LogP contribution in [0, 0.1) is 0 Å². The molecule has 23 heavy (non-hydrogen) atoms. The van der Waals surface area contributed by atoms with Crippen LogP contribution in [-0.4, -0.2) is 20.2 Å². The standard InChI is InChI=1S/C10H7NO2.C6H7NO2S/c12-9-6-7-10(13)11(9)8-4-2-1-3-5-8;7-10(8,9)6-4-2-1-3-5-6/h1-7H;1-5H,(H2,7,8,9). The fourth-order valence-electron chi connectivity index (χ4n) is 1.84. The average molecular weight is 330 g/mol. The fraction of sp³-hybridized carbons (Fsp3) is 0. The Morgan fingerprint density at radius 1 is 0.739 bits per heavy atom. The number of primary sulfonamides is 1. The van der Waals surface area contributed by atoms with Gasteiger partial charge in [0, 0.05) is 12.2 Å². The second kappa shape index (κ2) is 6.99. The zero-order valence-electron chi connectivity index (χ0n) is 12.0. The Morgan fingerprint density at radius 3 is 1.57 bits per heavy atom. The highest BCUT2D eigenvalue weighted by molar-refractivity contribution is 7.89. The normalized spacial score (nSPS) is 13.7. The monoisotopic (exact) mass is 330 g/mol. The maximum atomic E-state index is 11.2. The molecule has 0 aromatic heterocycles. The highest BCUT2D eigenvalue weighted by atomic mass is 32.2. The van der Waals surface area contributed by atoms with Gasteiger partial charge in [-0.3, -0.25) is 9.59 Å². The van der Waals surface area contributed by atoms with E-state index >= 15 is 0 Å². The van der Waals surface area contributed by atoms with Crippen molar-refractivity contribution in [2.45, 2.75) is 4.90 Å². The number of hydrogen-bond donors (Lipinski definition) is 1. The largest absolute Gasteiger partial charge is 0.269 e. The Bertz CT molecular complexity index is 813. The lowest BCUT2D eigenvalue weighted by atomic mass is 10.3. The Kier molecular flexibility index (Phi) is 5.05. The molecule has 0 aliphatic carbocycles. The van der Waals surface area contributed by atoms with Gasteiger partial charge in [0.1, 0.15) is 0 Å².